The second-order valence-corrected chi connectivity index (χ2v) is 27.7. The van der Waals surface area contributed by atoms with Crippen LogP contribution in [0.3, 0.4) is 0 Å². The molecule has 27 nitrogen and oxygen atoms in total. The number of ether oxygens (including phenoxy) is 5. The van der Waals surface area contributed by atoms with E-state index in [9.17, 15) is 79.2 Å². The molecule has 474 valence electrons. The molecule has 4 aromatic rings. The SMILES string of the molecule is COCCN1C(=CC=CC=CC=CC2=[N+](CCOCCOCCOCCOCCC(=O)ON3C(=O)CCC3=O)c3ccc4c(S(=O)(=O)[O-])cc(S(=O)(=O)[O-])cc4c3C2(C)C)C(C)(CCCS(=O)(=O)[O-])c2c1ccc1c(S(=O)(=O)[O-])cc(S(=O)(=O)[O-])cc21. The molecule has 32 heteroatoms. The van der Waals surface area contributed by atoms with Crippen molar-refractivity contribution in [1.82, 2.24) is 5.06 Å². The van der Waals surface area contributed by atoms with Crippen molar-refractivity contribution in [1.29, 1.82) is 0 Å². The Bertz CT molecular complexity index is 4090. The standard InChI is InChI=1S/C55H65N3O24S5/c1-54(2)47(11-8-6-5-7-9-12-48-55(3,20-10-32-83(62,63)64)53-42-34-38(85(68,69)70)36-46(87(74,75)76)40(42)14-16-44(53)57(48)21-24-77-4)56(43-15-13-39-41(52(43)54)33-37(84(65,66)67)35-45(39)86(71,72)73)22-25-79-27-29-81-31-30-80-28-26-78-23-19-51(61)82-58-49(59)17-18-50(58)60/h5-9,11-16,33-36H,10,17-32H2,1-4H3,(H4-,62,63,64,65,66,67,68,69,70,71,72,73,74,75,76)/p-4. The van der Waals surface area contributed by atoms with Gasteiger partial charge in [0.15, 0.2) is 12.3 Å². The molecule has 0 spiro atoms. The number of allylic oxidation sites excluding steroid dienone is 8. The Morgan fingerprint density at radius 3 is 1.64 bits per heavy atom. The molecule has 87 heavy (non-hydrogen) atoms. The van der Waals surface area contributed by atoms with E-state index in [2.05, 4.69) is 0 Å². The lowest BCUT2D eigenvalue weighted by atomic mass is 9.75. The summed E-state index contributed by atoms with van der Waals surface area (Å²) in [4.78, 5) is 37.9. The topological polar surface area (TPSA) is 402 Å². The average Bonchev–Trinajstić information content (AvgIpc) is 1.62. The van der Waals surface area contributed by atoms with Gasteiger partial charge in [-0.1, -0.05) is 36.4 Å². The molecule has 3 aliphatic heterocycles. The van der Waals surface area contributed by atoms with Gasteiger partial charge in [-0.15, -0.1) is 5.06 Å². The van der Waals surface area contributed by atoms with Gasteiger partial charge in [-0.25, -0.2) is 46.9 Å². The van der Waals surface area contributed by atoms with Crippen LogP contribution in [0.1, 0.15) is 64.0 Å². The van der Waals surface area contributed by atoms with Crippen molar-refractivity contribution in [3.05, 3.63) is 108 Å². The summed E-state index contributed by atoms with van der Waals surface area (Å²) in [7, 11) is -24.6. The highest BCUT2D eigenvalue weighted by atomic mass is 32.2. The number of imide groups is 1. The van der Waals surface area contributed by atoms with Gasteiger partial charge in [-0.3, -0.25) is 9.59 Å². The van der Waals surface area contributed by atoms with Gasteiger partial charge in [-0.2, -0.15) is 4.58 Å². The predicted octanol–water partition coefficient (Wildman–Crippen LogP) is 3.35. The van der Waals surface area contributed by atoms with Crippen LogP contribution in [0.5, 0.6) is 0 Å². The molecule has 0 radical (unpaired) electrons. The molecule has 2 amide bonds. The molecule has 3 aliphatic rings. The highest BCUT2D eigenvalue weighted by Crippen LogP contribution is 2.54. The van der Waals surface area contributed by atoms with E-state index in [0.717, 1.165) is 12.1 Å². The first kappa shape index (κ1) is 68.3. The van der Waals surface area contributed by atoms with Gasteiger partial charge < -0.3 is 56.2 Å². The molecule has 3 heterocycles. The number of anilines is 1. The Morgan fingerprint density at radius 1 is 0.609 bits per heavy atom. The van der Waals surface area contributed by atoms with Crippen LogP contribution in [0.15, 0.2) is 116 Å². The molecule has 0 bridgehead atoms. The number of nitrogens with zero attached hydrogens (tertiary/aromatic N) is 3. The lowest BCUT2D eigenvalue weighted by Crippen LogP contribution is -2.32. The Labute approximate surface area is 503 Å². The zero-order chi connectivity index (χ0) is 63.9. The molecule has 4 aromatic carbocycles. The Kier molecular flexibility index (Phi) is 21.7. The van der Waals surface area contributed by atoms with Crippen molar-refractivity contribution in [2.75, 3.05) is 90.3 Å². The van der Waals surface area contributed by atoms with Crippen molar-refractivity contribution in [2.45, 2.75) is 83.3 Å². The number of carbonyl (C=O) groups is 3. The molecular weight excluding hydrogens is 1250 g/mol. The van der Waals surface area contributed by atoms with Crippen LogP contribution >= 0.6 is 0 Å². The first-order valence-corrected chi connectivity index (χ1v) is 33.9. The van der Waals surface area contributed by atoms with E-state index < -0.39 is 105 Å². The number of methoxy groups -OCH3 is 1. The smallest absolute Gasteiger partial charge is 0.335 e. The van der Waals surface area contributed by atoms with Crippen molar-refractivity contribution in [3.8, 4) is 0 Å². The van der Waals surface area contributed by atoms with E-state index in [1.165, 1.54) is 25.3 Å². The monoisotopic (exact) mass is 1310 g/mol. The molecule has 1 unspecified atom stereocenters. The second kappa shape index (κ2) is 27.7. The first-order valence-electron chi connectivity index (χ1n) is 26.7. The number of hydrogen-bond donors (Lipinski definition) is 0. The van der Waals surface area contributed by atoms with Crippen molar-refractivity contribution < 1.29 is 112 Å². The third-order valence-corrected chi connectivity index (χ3v) is 18.7. The van der Waals surface area contributed by atoms with E-state index >= 15 is 0 Å². The van der Waals surface area contributed by atoms with Crippen LogP contribution in [0.4, 0.5) is 11.4 Å². The fourth-order valence-electron chi connectivity index (χ4n) is 10.7. The van der Waals surface area contributed by atoms with E-state index in [1.54, 1.807) is 74.3 Å². The number of hydroxylamine groups is 2. The molecule has 1 saturated heterocycles. The summed E-state index contributed by atoms with van der Waals surface area (Å²) in [6.07, 6.45) is 11.0. The fraction of sp³-hybridized carbons (Fsp3) is 0.418. The van der Waals surface area contributed by atoms with Gasteiger partial charge >= 0.3 is 5.97 Å². The average molecular weight is 1310 g/mol. The van der Waals surface area contributed by atoms with E-state index in [-0.39, 0.29) is 132 Å². The van der Waals surface area contributed by atoms with E-state index in [0.29, 0.717) is 45.5 Å². The summed E-state index contributed by atoms with van der Waals surface area (Å²) >= 11 is 0. The van der Waals surface area contributed by atoms with Crippen LogP contribution in [0.2, 0.25) is 0 Å². The minimum absolute atomic E-state index is 0.0212. The van der Waals surface area contributed by atoms with Crippen LogP contribution in [0.25, 0.3) is 21.5 Å². The number of hydrogen-bond acceptors (Lipinski definition) is 25. The first-order chi connectivity index (χ1) is 40.7. The minimum Gasteiger partial charge on any atom is -0.748 e. The largest absolute Gasteiger partial charge is 0.748 e. The summed E-state index contributed by atoms with van der Waals surface area (Å²) < 4.78 is 215. The molecular formula is C55H61N3O24S5-4. The number of benzene rings is 4. The van der Waals surface area contributed by atoms with Gasteiger partial charge in [0, 0.05) is 72.1 Å². The van der Waals surface area contributed by atoms with Crippen LogP contribution in [0, 0.1) is 0 Å². The normalized spacial score (nSPS) is 18.1. The van der Waals surface area contributed by atoms with Gasteiger partial charge in [0.25, 0.3) is 11.8 Å². The highest BCUT2D eigenvalue weighted by molar-refractivity contribution is 7.87. The van der Waals surface area contributed by atoms with E-state index in [1.807, 2.05) is 4.58 Å². The molecule has 1 fully saturated rings. The summed E-state index contributed by atoms with van der Waals surface area (Å²) in [5.74, 6) is -2.77. The lowest BCUT2D eigenvalue weighted by Gasteiger charge is -2.31. The number of amides is 2. The Morgan fingerprint density at radius 2 is 1.11 bits per heavy atom. The Hall–Kier alpha value is -6.21. The molecule has 0 aliphatic carbocycles. The van der Waals surface area contributed by atoms with Crippen LogP contribution in [-0.2, 0) is 104 Å². The highest BCUT2D eigenvalue weighted by Gasteiger charge is 2.47. The summed E-state index contributed by atoms with van der Waals surface area (Å²) in [5.41, 5.74) is 0.119. The number of rotatable bonds is 31. The Balaban J connectivity index is 1.11. The fourth-order valence-corrected chi connectivity index (χ4v) is 13.9. The number of carbonyl (C=O) groups excluding carboxylic acids is 3. The van der Waals surface area contributed by atoms with Crippen LogP contribution in [-0.4, -0.2) is 183 Å². The third kappa shape index (κ3) is 16.4. The molecule has 0 saturated carbocycles. The maximum atomic E-state index is 12.6. The maximum absolute atomic E-state index is 12.6. The van der Waals surface area contributed by atoms with E-state index in [4.69, 9.17) is 28.5 Å². The van der Waals surface area contributed by atoms with Gasteiger partial charge in [0.1, 0.15) is 47.1 Å². The van der Waals surface area contributed by atoms with Gasteiger partial charge in [0.2, 0.25) is 5.69 Å². The zero-order valence-electron chi connectivity index (χ0n) is 47.4. The molecule has 7 rings (SSSR count). The summed E-state index contributed by atoms with van der Waals surface area (Å²) in [5, 5.41) is 0.0761. The number of fused-ring (bicyclic) bond motifs is 6. The lowest BCUT2D eigenvalue weighted by molar-refractivity contribution is -0.442. The summed E-state index contributed by atoms with van der Waals surface area (Å²) in [6.45, 7) is 6.66. The van der Waals surface area contributed by atoms with Crippen molar-refractivity contribution >= 4 is 107 Å². The maximum Gasteiger partial charge on any atom is 0.335 e. The van der Waals surface area contributed by atoms with Gasteiger partial charge in [0.05, 0.1) is 94.4 Å². The van der Waals surface area contributed by atoms with Gasteiger partial charge in [-0.05, 0) is 97.8 Å². The van der Waals surface area contributed by atoms with Crippen molar-refractivity contribution in [3.63, 3.8) is 0 Å². The summed E-state index contributed by atoms with van der Waals surface area (Å²) in [6, 6.07) is 8.72. The van der Waals surface area contributed by atoms with Crippen LogP contribution < -0.4 is 4.90 Å². The zero-order valence-corrected chi connectivity index (χ0v) is 51.4. The molecule has 0 N–H and O–H groups in total. The van der Waals surface area contributed by atoms with Crippen molar-refractivity contribution in [2.24, 2.45) is 0 Å². The quantitative estimate of drug-likeness (QED) is 0.0229. The molecule has 0 aromatic heterocycles. The second-order valence-electron chi connectivity index (χ2n) is 20.7. The third-order valence-electron chi connectivity index (χ3n) is 14.5. The molecule has 1 atom stereocenters. The predicted molar refractivity (Wildman–Crippen MR) is 304 cm³/mol. The minimum atomic E-state index is -5.38.